The van der Waals surface area contributed by atoms with Crippen LogP contribution in [0, 0.1) is 0 Å². The number of nitrogens with one attached hydrogen (secondary N) is 1. The number of alkyl halides is 2. The Hall–Kier alpha value is -0.290. The highest BCUT2D eigenvalue weighted by Gasteiger charge is 2.29. The molecular weight excluding hydrogens is 350 g/mol. The van der Waals surface area contributed by atoms with Gasteiger partial charge in [0.15, 0.2) is 0 Å². The first-order chi connectivity index (χ1) is 8.12. The van der Waals surface area contributed by atoms with Crippen LogP contribution in [0.5, 0.6) is 0 Å². The van der Waals surface area contributed by atoms with Gasteiger partial charge in [-0.05, 0) is 12.5 Å². The fourth-order valence-electron chi connectivity index (χ4n) is 1.50. The van der Waals surface area contributed by atoms with Crippen LogP contribution >= 0.6 is 31.9 Å². The minimum Gasteiger partial charge on any atom is -0.469 e. The summed E-state index contributed by atoms with van der Waals surface area (Å²) in [5.74, 6) is 0.660. The van der Waals surface area contributed by atoms with Crippen LogP contribution < -0.4 is 5.32 Å². The molecule has 0 saturated heterocycles. The Kier molecular flexibility index (Phi) is 5.73. The van der Waals surface area contributed by atoms with E-state index < -0.39 is 0 Å². The van der Waals surface area contributed by atoms with Gasteiger partial charge in [0, 0.05) is 17.1 Å². The monoisotopic (exact) mass is 365 g/mol. The summed E-state index contributed by atoms with van der Waals surface area (Å²) >= 11 is 6.91. The Bertz CT molecular complexity index is 364. The third kappa shape index (κ3) is 3.35. The summed E-state index contributed by atoms with van der Waals surface area (Å²) in [5.41, 5.74) is 0.381. The number of furan rings is 1. The molecule has 17 heavy (non-hydrogen) atoms. The molecule has 0 aliphatic rings. The van der Waals surface area contributed by atoms with Gasteiger partial charge in [-0.25, -0.2) is 0 Å². The van der Waals surface area contributed by atoms with Crippen molar-refractivity contribution in [3.63, 3.8) is 0 Å². The minimum absolute atomic E-state index is 0.0728. The smallest absolute Gasteiger partial charge is 0.255 e. The van der Waals surface area contributed by atoms with E-state index in [4.69, 9.17) is 4.42 Å². The Balaban J connectivity index is 2.84. The van der Waals surface area contributed by atoms with E-state index in [0.29, 0.717) is 16.2 Å². The first-order valence-electron chi connectivity index (χ1n) is 5.63. The Morgan fingerprint density at radius 2 is 2.06 bits per heavy atom. The van der Waals surface area contributed by atoms with E-state index in [1.165, 1.54) is 0 Å². The van der Waals surface area contributed by atoms with Crippen LogP contribution in [0.3, 0.4) is 0 Å². The maximum Gasteiger partial charge on any atom is 0.255 e. The van der Waals surface area contributed by atoms with Gasteiger partial charge in [0.1, 0.15) is 5.76 Å². The summed E-state index contributed by atoms with van der Waals surface area (Å²) in [6.45, 7) is 4.02. The maximum atomic E-state index is 12.2. The number of halogens is 2. The average molecular weight is 367 g/mol. The van der Waals surface area contributed by atoms with E-state index in [-0.39, 0.29) is 11.4 Å². The van der Waals surface area contributed by atoms with Crippen molar-refractivity contribution < 1.29 is 9.21 Å². The molecule has 0 radical (unpaired) electrons. The van der Waals surface area contributed by atoms with Gasteiger partial charge in [0.2, 0.25) is 0 Å². The zero-order valence-electron chi connectivity index (χ0n) is 10.1. The molecule has 0 fully saturated rings. The first-order valence-corrected chi connectivity index (χ1v) is 7.87. The molecule has 1 rings (SSSR count). The first kappa shape index (κ1) is 14.8. The predicted octanol–water partition coefficient (Wildman–Crippen LogP) is 3.51. The predicted molar refractivity (Wildman–Crippen MR) is 76.2 cm³/mol. The van der Waals surface area contributed by atoms with Gasteiger partial charge in [0.05, 0.1) is 17.4 Å². The van der Waals surface area contributed by atoms with Crippen molar-refractivity contribution in [2.75, 3.05) is 10.7 Å². The lowest BCUT2D eigenvalue weighted by Gasteiger charge is -2.29. The highest BCUT2D eigenvalue weighted by Crippen LogP contribution is 2.19. The Morgan fingerprint density at radius 3 is 2.53 bits per heavy atom. The highest BCUT2D eigenvalue weighted by molar-refractivity contribution is 9.09. The molecule has 1 aromatic rings. The van der Waals surface area contributed by atoms with Gasteiger partial charge < -0.3 is 9.73 Å². The Morgan fingerprint density at radius 1 is 1.41 bits per heavy atom. The summed E-state index contributed by atoms with van der Waals surface area (Å²) in [6, 6.07) is 1.72. The van der Waals surface area contributed by atoms with Gasteiger partial charge in [0.25, 0.3) is 5.91 Å². The van der Waals surface area contributed by atoms with Crippen molar-refractivity contribution in [2.45, 2.75) is 32.2 Å². The lowest BCUT2D eigenvalue weighted by Crippen LogP contribution is -2.51. The molecule has 0 aliphatic carbocycles. The molecule has 0 aromatic carbocycles. The molecule has 0 bridgehead atoms. The largest absolute Gasteiger partial charge is 0.469 e. The molecule has 1 N–H and O–H groups in total. The van der Waals surface area contributed by atoms with Crippen LogP contribution in [-0.2, 0) is 6.42 Å². The van der Waals surface area contributed by atoms with Crippen LogP contribution in [0.1, 0.15) is 36.4 Å². The van der Waals surface area contributed by atoms with E-state index >= 15 is 0 Å². The van der Waals surface area contributed by atoms with Crippen LogP contribution in [0.25, 0.3) is 0 Å². The number of carbonyl (C=O) groups excluding carboxylic acids is 1. The minimum atomic E-state index is -0.251. The number of hydrogen-bond donors (Lipinski definition) is 1. The highest BCUT2D eigenvalue weighted by atomic mass is 79.9. The molecule has 0 saturated carbocycles. The number of hydrogen-bond acceptors (Lipinski definition) is 2. The zero-order valence-corrected chi connectivity index (χ0v) is 13.2. The van der Waals surface area contributed by atoms with Gasteiger partial charge in [-0.1, -0.05) is 45.7 Å². The van der Waals surface area contributed by atoms with Crippen molar-refractivity contribution in [3.05, 3.63) is 23.7 Å². The van der Waals surface area contributed by atoms with Crippen LogP contribution in [0.4, 0.5) is 0 Å². The second-order valence-corrected chi connectivity index (χ2v) is 5.09. The molecule has 0 spiro atoms. The van der Waals surface area contributed by atoms with Gasteiger partial charge >= 0.3 is 0 Å². The topological polar surface area (TPSA) is 42.2 Å². The summed E-state index contributed by atoms with van der Waals surface area (Å²) < 4.78 is 5.27. The molecular formula is C12H17Br2NO2. The number of rotatable bonds is 6. The maximum absolute atomic E-state index is 12.2. The van der Waals surface area contributed by atoms with Crippen molar-refractivity contribution in [1.29, 1.82) is 0 Å². The number of aryl methyl sites for hydroxylation is 1. The number of carbonyl (C=O) groups is 1. The Labute approximate surface area is 119 Å². The van der Waals surface area contributed by atoms with E-state index in [9.17, 15) is 4.79 Å². The molecule has 0 atom stereocenters. The zero-order chi connectivity index (χ0) is 12.9. The van der Waals surface area contributed by atoms with Crippen molar-refractivity contribution in [2.24, 2.45) is 0 Å². The van der Waals surface area contributed by atoms with Gasteiger partial charge in [-0.3, -0.25) is 4.79 Å². The van der Waals surface area contributed by atoms with Crippen LogP contribution in [0.15, 0.2) is 16.7 Å². The normalized spacial score (nSPS) is 11.5. The number of amides is 1. The lowest BCUT2D eigenvalue weighted by atomic mass is 10.0. The van der Waals surface area contributed by atoms with E-state index in [1.807, 2.05) is 6.92 Å². The van der Waals surface area contributed by atoms with Gasteiger partial charge in [-0.2, -0.15) is 0 Å². The second kappa shape index (κ2) is 6.59. The molecule has 0 aliphatic heterocycles. The van der Waals surface area contributed by atoms with Gasteiger partial charge in [-0.15, -0.1) is 0 Å². The van der Waals surface area contributed by atoms with Crippen molar-refractivity contribution in [1.82, 2.24) is 5.32 Å². The molecule has 5 heteroatoms. The molecule has 0 unspecified atom stereocenters. The summed E-state index contributed by atoms with van der Waals surface area (Å²) in [6.07, 6.45) is 3.13. The van der Waals surface area contributed by atoms with Crippen LogP contribution in [0.2, 0.25) is 0 Å². The van der Waals surface area contributed by atoms with Crippen molar-refractivity contribution in [3.8, 4) is 0 Å². The molecule has 1 aromatic heterocycles. The third-order valence-electron chi connectivity index (χ3n) is 2.88. The summed E-state index contributed by atoms with van der Waals surface area (Å²) in [7, 11) is 0. The van der Waals surface area contributed by atoms with Crippen molar-refractivity contribution >= 4 is 37.8 Å². The average Bonchev–Trinajstić information content (AvgIpc) is 2.84. The molecule has 1 heterocycles. The molecule has 3 nitrogen and oxygen atoms in total. The lowest BCUT2D eigenvalue weighted by molar-refractivity contribution is 0.0913. The standard InChI is InChI=1S/C12H17Br2NO2/c1-3-10-9(5-6-17-10)11(16)15-12(4-2,7-13)8-14/h5-6H,3-4,7-8H2,1-2H3,(H,15,16). The van der Waals surface area contributed by atoms with Crippen LogP contribution in [-0.4, -0.2) is 22.1 Å². The summed E-state index contributed by atoms with van der Waals surface area (Å²) in [5, 5.41) is 4.49. The van der Waals surface area contributed by atoms with E-state index in [1.54, 1.807) is 12.3 Å². The fourth-order valence-corrected chi connectivity index (χ4v) is 3.51. The third-order valence-corrected chi connectivity index (χ3v) is 5.02. The second-order valence-electron chi connectivity index (χ2n) is 3.97. The molecule has 96 valence electrons. The molecule has 1 amide bonds. The fraction of sp³-hybridized carbons (Fsp3) is 0.583. The van der Waals surface area contributed by atoms with E-state index in [0.717, 1.165) is 18.6 Å². The quantitative estimate of drug-likeness (QED) is 0.782. The summed E-state index contributed by atoms with van der Waals surface area (Å²) in [4.78, 5) is 12.2. The SMILES string of the molecule is CCc1occc1C(=O)NC(CC)(CBr)CBr. The van der Waals surface area contributed by atoms with E-state index in [2.05, 4.69) is 44.1 Å².